The van der Waals surface area contributed by atoms with Gasteiger partial charge < -0.3 is 9.80 Å². The minimum absolute atomic E-state index is 0.262. The number of piperazine rings is 1. The summed E-state index contributed by atoms with van der Waals surface area (Å²) in [6.45, 7) is 3.95. The quantitative estimate of drug-likeness (QED) is 0.766. The standard InChI is InChI=1S/C20H24FN3O3S/c1-16(24(28(2,26)27)19-10-8-17(21)9-11-19)20(25)23-14-12-22(13-15-23)18-6-4-3-5-7-18/h3-11,16H,12-15H2,1-2H3. The zero-order chi connectivity index (χ0) is 20.3. The Morgan fingerprint density at radius 2 is 1.57 bits per heavy atom. The van der Waals surface area contributed by atoms with Crippen LogP contribution < -0.4 is 9.21 Å². The fourth-order valence-corrected chi connectivity index (χ4v) is 4.65. The van der Waals surface area contributed by atoms with E-state index < -0.39 is 21.9 Å². The maximum absolute atomic E-state index is 13.2. The summed E-state index contributed by atoms with van der Waals surface area (Å²) in [5.74, 6) is -0.726. The predicted molar refractivity (Wildman–Crippen MR) is 108 cm³/mol. The monoisotopic (exact) mass is 405 g/mol. The van der Waals surface area contributed by atoms with Gasteiger partial charge in [-0.2, -0.15) is 0 Å². The molecule has 0 N–H and O–H groups in total. The highest BCUT2D eigenvalue weighted by molar-refractivity contribution is 7.92. The van der Waals surface area contributed by atoms with Crippen molar-refractivity contribution in [3.05, 3.63) is 60.4 Å². The van der Waals surface area contributed by atoms with E-state index in [0.29, 0.717) is 26.2 Å². The van der Waals surface area contributed by atoms with Crippen molar-refractivity contribution >= 4 is 27.3 Å². The van der Waals surface area contributed by atoms with E-state index in [9.17, 15) is 17.6 Å². The number of benzene rings is 2. The number of rotatable bonds is 5. The van der Waals surface area contributed by atoms with Gasteiger partial charge in [0.05, 0.1) is 11.9 Å². The Morgan fingerprint density at radius 3 is 2.11 bits per heavy atom. The molecule has 1 aliphatic heterocycles. The number of sulfonamides is 1. The van der Waals surface area contributed by atoms with Crippen LogP contribution in [0.3, 0.4) is 0 Å². The van der Waals surface area contributed by atoms with Crippen LogP contribution in [0.25, 0.3) is 0 Å². The number of carbonyl (C=O) groups excluding carboxylic acids is 1. The molecule has 0 spiro atoms. The smallest absolute Gasteiger partial charge is 0.246 e. The van der Waals surface area contributed by atoms with Gasteiger partial charge in [0, 0.05) is 31.9 Å². The topological polar surface area (TPSA) is 60.9 Å². The summed E-state index contributed by atoms with van der Waals surface area (Å²) in [5.41, 5.74) is 1.37. The number of anilines is 2. The van der Waals surface area contributed by atoms with E-state index >= 15 is 0 Å². The fourth-order valence-electron chi connectivity index (χ4n) is 3.48. The van der Waals surface area contributed by atoms with Crippen LogP contribution >= 0.6 is 0 Å². The molecule has 1 heterocycles. The molecule has 3 rings (SSSR count). The molecular formula is C20H24FN3O3S. The van der Waals surface area contributed by atoms with Gasteiger partial charge in [-0.25, -0.2) is 12.8 Å². The Hall–Kier alpha value is -2.61. The van der Waals surface area contributed by atoms with E-state index in [4.69, 9.17) is 0 Å². The van der Waals surface area contributed by atoms with Crippen LogP contribution in [0.15, 0.2) is 54.6 Å². The second-order valence-corrected chi connectivity index (χ2v) is 8.72. The van der Waals surface area contributed by atoms with E-state index in [-0.39, 0.29) is 11.6 Å². The number of amides is 1. The first kappa shape index (κ1) is 20.1. The van der Waals surface area contributed by atoms with Crippen molar-refractivity contribution in [2.24, 2.45) is 0 Å². The molecule has 0 aliphatic carbocycles. The van der Waals surface area contributed by atoms with Gasteiger partial charge in [-0.3, -0.25) is 9.10 Å². The summed E-state index contributed by atoms with van der Waals surface area (Å²) >= 11 is 0. The second kappa shape index (κ2) is 8.18. The highest BCUT2D eigenvalue weighted by atomic mass is 32.2. The Labute approximate surface area is 165 Å². The Balaban J connectivity index is 1.73. The van der Waals surface area contributed by atoms with E-state index in [1.807, 2.05) is 30.3 Å². The molecule has 0 saturated carbocycles. The van der Waals surface area contributed by atoms with E-state index in [0.717, 1.165) is 16.2 Å². The molecule has 0 radical (unpaired) electrons. The number of hydrogen-bond donors (Lipinski definition) is 0. The van der Waals surface area contributed by atoms with Gasteiger partial charge in [0.15, 0.2) is 0 Å². The van der Waals surface area contributed by atoms with Crippen molar-refractivity contribution < 1.29 is 17.6 Å². The Kier molecular flexibility index (Phi) is 5.88. The van der Waals surface area contributed by atoms with Crippen LogP contribution in [-0.4, -0.2) is 57.7 Å². The van der Waals surface area contributed by atoms with Crippen molar-refractivity contribution in [2.45, 2.75) is 13.0 Å². The van der Waals surface area contributed by atoms with Crippen molar-refractivity contribution in [2.75, 3.05) is 41.6 Å². The molecule has 1 atom stereocenters. The van der Waals surface area contributed by atoms with Crippen molar-refractivity contribution in [1.82, 2.24) is 4.90 Å². The summed E-state index contributed by atoms with van der Waals surface area (Å²) in [4.78, 5) is 16.9. The molecule has 1 unspecified atom stereocenters. The van der Waals surface area contributed by atoms with Crippen LogP contribution in [0.5, 0.6) is 0 Å². The Morgan fingerprint density at radius 1 is 1.00 bits per heavy atom. The molecule has 1 saturated heterocycles. The SMILES string of the molecule is CC(C(=O)N1CCN(c2ccccc2)CC1)N(c1ccc(F)cc1)S(C)(=O)=O. The third-order valence-electron chi connectivity index (χ3n) is 4.86. The number of para-hydroxylation sites is 1. The third-order valence-corrected chi connectivity index (χ3v) is 6.10. The van der Waals surface area contributed by atoms with Gasteiger partial charge in [-0.15, -0.1) is 0 Å². The molecule has 6 nitrogen and oxygen atoms in total. The van der Waals surface area contributed by atoms with Gasteiger partial charge in [0.1, 0.15) is 11.9 Å². The molecule has 2 aromatic rings. The summed E-state index contributed by atoms with van der Waals surface area (Å²) in [5, 5.41) is 0. The van der Waals surface area contributed by atoms with Crippen LogP contribution in [0.4, 0.5) is 15.8 Å². The summed E-state index contributed by atoms with van der Waals surface area (Å²) in [6, 6.07) is 14.2. The van der Waals surface area contributed by atoms with Crippen molar-refractivity contribution in [3.63, 3.8) is 0 Å². The lowest BCUT2D eigenvalue weighted by molar-refractivity contribution is -0.132. The van der Waals surface area contributed by atoms with Crippen LogP contribution in [-0.2, 0) is 14.8 Å². The number of hydrogen-bond acceptors (Lipinski definition) is 4. The fraction of sp³-hybridized carbons (Fsp3) is 0.350. The van der Waals surface area contributed by atoms with Gasteiger partial charge in [-0.1, -0.05) is 18.2 Å². The second-order valence-electron chi connectivity index (χ2n) is 6.86. The molecule has 1 fully saturated rings. The lowest BCUT2D eigenvalue weighted by Crippen LogP contribution is -2.55. The molecule has 2 aromatic carbocycles. The summed E-state index contributed by atoms with van der Waals surface area (Å²) < 4.78 is 39.0. The first-order valence-electron chi connectivity index (χ1n) is 9.11. The zero-order valence-corrected chi connectivity index (χ0v) is 16.8. The molecule has 150 valence electrons. The van der Waals surface area contributed by atoms with Crippen molar-refractivity contribution in [3.8, 4) is 0 Å². The largest absolute Gasteiger partial charge is 0.368 e. The minimum atomic E-state index is -3.71. The highest BCUT2D eigenvalue weighted by Gasteiger charge is 2.33. The first-order chi connectivity index (χ1) is 13.3. The number of nitrogens with zero attached hydrogens (tertiary/aromatic N) is 3. The van der Waals surface area contributed by atoms with Crippen molar-refractivity contribution in [1.29, 1.82) is 0 Å². The highest BCUT2D eigenvalue weighted by Crippen LogP contribution is 2.23. The molecule has 28 heavy (non-hydrogen) atoms. The molecular weight excluding hydrogens is 381 g/mol. The van der Waals surface area contributed by atoms with E-state index in [1.165, 1.54) is 24.3 Å². The van der Waals surface area contributed by atoms with Crippen LogP contribution in [0.1, 0.15) is 6.92 Å². The zero-order valence-electron chi connectivity index (χ0n) is 16.0. The lowest BCUT2D eigenvalue weighted by atomic mass is 10.2. The third kappa shape index (κ3) is 4.44. The molecule has 8 heteroatoms. The number of halogens is 1. The lowest BCUT2D eigenvalue weighted by Gasteiger charge is -2.39. The summed E-state index contributed by atoms with van der Waals surface area (Å²) in [7, 11) is -3.71. The average molecular weight is 405 g/mol. The molecule has 0 aromatic heterocycles. The molecule has 0 bridgehead atoms. The molecule has 1 aliphatic rings. The van der Waals surface area contributed by atoms with Crippen LogP contribution in [0, 0.1) is 5.82 Å². The normalized spacial score (nSPS) is 16.0. The van der Waals surface area contributed by atoms with Crippen LogP contribution in [0.2, 0.25) is 0 Å². The maximum atomic E-state index is 13.2. The van der Waals surface area contributed by atoms with Gasteiger partial charge >= 0.3 is 0 Å². The first-order valence-corrected chi connectivity index (χ1v) is 11.0. The minimum Gasteiger partial charge on any atom is -0.368 e. The maximum Gasteiger partial charge on any atom is 0.246 e. The number of carbonyl (C=O) groups is 1. The van der Waals surface area contributed by atoms with Gasteiger partial charge in [0.2, 0.25) is 15.9 Å². The van der Waals surface area contributed by atoms with E-state index in [2.05, 4.69) is 4.90 Å². The molecule has 1 amide bonds. The van der Waals surface area contributed by atoms with E-state index in [1.54, 1.807) is 11.8 Å². The van der Waals surface area contributed by atoms with Gasteiger partial charge in [0.25, 0.3) is 0 Å². The Bertz CT molecular complexity index is 911. The van der Waals surface area contributed by atoms with Gasteiger partial charge in [-0.05, 0) is 43.3 Å². The summed E-state index contributed by atoms with van der Waals surface area (Å²) in [6.07, 6.45) is 1.05. The predicted octanol–water partition coefficient (Wildman–Crippen LogP) is 2.33. The average Bonchev–Trinajstić information content (AvgIpc) is 2.69.